The van der Waals surface area contributed by atoms with Gasteiger partial charge in [0.2, 0.25) is 0 Å². The molecule has 0 aliphatic heterocycles. The number of rotatable bonds is 3. The Kier molecular flexibility index (Phi) is 3.41. The van der Waals surface area contributed by atoms with E-state index < -0.39 is 5.91 Å². The molecule has 5 nitrogen and oxygen atoms in total. The second kappa shape index (κ2) is 4.57. The van der Waals surface area contributed by atoms with Gasteiger partial charge in [-0.1, -0.05) is 0 Å². The minimum atomic E-state index is -0.416. The van der Waals surface area contributed by atoms with E-state index in [1.165, 1.54) is 12.3 Å². The second-order valence-electron chi connectivity index (χ2n) is 2.98. The van der Waals surface area contributed by atoms with Gasteiger partial charge < -0.3 is 16.2 Å². The minimum Gasteiger partial charge on any atom is -0.505 e. The molecule has 1 heterocycles. The number of carbonyl (C=O) groups excluding carboxylic acids is 1. The van der Waals surface area contributed by atoms with Crippen molar-refractivity contribution in [2.24, 2.45) is 5.73 Å². The normalized spacial score (nSPS) is 12.1. The number of hydrogen-bond acceptors (Lipinski definition) is 4. The monoisotopic (exact) mass is 195 g/mol. The highest BCUT2D eigenvalue weighted by atomic mass is 16.3. The van der Waals surface area contributed by atoms with E-state index in [1.807, 2.05) is 0 Å². The summed E-state index contributed by atoms with van der Waals surface area (Å²) in [6, 6.07) is 2.83. The Morgan fingerprint density at radius 3 is 3.07 bits per heavy atom. The molecule has 0 bridgehead atoms. The van der Waals surface area contributed by atoms with Crippen molar-refractivity contribution in [3.63, 3.8) is 0 Å². The van der Waals surface area contributed by atoms with Crippen molar-refractivity contribution in [2.75, 3.05) is 6.54 Å². The fraction of sp³-hybridized carbons (Fsp3) is 0.333. The summed E-state index contributed by atoms with van der Waals surface area (Å²) < 4.78 is 0. The van der Waals surface area contributed by atoms with Gasteiger partial charge in [0.1, 0.15) is 5.75 Å². The van der Waals surface area contributed by atoms with Gasteiger partial charge in [0.05, 0.1) is 0 Å². The van der Waals surface area contributed by atoms with Gasteiger partial charge in [-0.05, 0) is 19.1 Å². The van der Waals surface area contributed by atoms with Crippen LogP contribution in [-0.2, 0) is 0 Å². The summed E-state index contributed by atoms with van der Waals surface area (Å²) in [7, 11) is 0. The molecule has 4 N–H and O–H groups in total. The van der Waals surface area contributed by atoms with Crippen LogP contribution in [0.15, 0.2) is 18.3 Å². The number of hydrogen-bond donors (Lipinski definition) is 3. The van der Waals surface area contributed by atoms with Crippen molar-refractivity contribution in [2.45, 2.75) is 13.0 Å². The van der Waals surface area contributed by atoms with Crippen molar-refractivity contribution in [3.05, 3.63) is 24.0 Å². The predicted octanol–water partition coefficient (Wildman–Crippen LogP) is -0.136. The highest BCUT2D eigenvalue weighted by molar-refractivity contribution is 5.94. The van der Waals surface area contributed by atoms with E-state index in [4.69, 9.17) is 5.73 Å². The summed E-state index contributed by atoms with van der Waals surface area (Å²) in [6.45, 7) is 2.12. The van der Waals surface area contributed by atoms with Crippen molar-refractivity contribution >= 4 is 5.91 Å². The first-order valence-electron chi connectivity index (χ1n) is 4.30. The van der Waals surface area contributed by atoms with Gasteiger partial charge in [0.25, 0.3) is 5.91 Å². The van der Waals surface area contributed by atoms with Crippen molar-refractivity contribution in [1.29, 1.82) is 0 Å². The van der Waals surface area contributed by atoms with Crippen molar-refractivity contribution in [1.82, 2.24) is 10.3 Å². The molecule has 1 atom stereocenters. The molecular weight excluding hydrogens is 182 g/mol. The quantitative estimate of drug-likeness (QED) is 0.626. The van der Waals surface area contributed by atoms with Crippen LogP contribution in [0.5, 0.6) is 5.75 Å². The lowest BCUT2D eigenvalue weighted by Crippen LogP contribution is -2.38. The van der Waals surface area contributed by atoms with Gasteiger partial charge in [0.15, 0.2) is 5.69 Å². The first-order valence-corrected chi connectivity index (χ1v) is 4.30. The number of carbonyl (C=O) groups is 1. The first-order chi connectivity index (χ1) is 6.65. The van der Waals surface area contributed by atoms with E-state index >= 15 is 0 Å². The first kappa shape index (κ1) is 10.5. The second-order valence-corrected chi connectivity index (χ2v) is 2.98. The zero-order valence-corrected chi connectivity index (χ0v) is 7.90. The van der Waals surface area contributed by atoms with E-state index in [1.54, 1.807) is 13.0 Å². The van der Waals surface area contributed by atoms with Gasteiger partial charge in [-0.25, -0.2) is 4.98 Å². The Morgan fingerprint density at radius 1 is 1.79 bits per heavy atom. The van der Waals surface area contributed by atoms with Gasteiger partial charge >= 0.3 is 0 Å². The molecule has 0 saturated carbocycles. The summed E-state index contributed by atoms with van der Waals surface area (Å²) >= 11 is 0. The van der Waals surface area contributed by atoms with Crippen LogP contribution in [-0.4, -0.2) is 28.6 Å². The number of nitrogens with zero attached hydrogens (tertiary/aromatic N) is 1. The highest BCUT2D eigenvalue weighted by Crippen LogP contribution is 2.11. The molecule has 76 valence electrons. The standard InChI is InChI=1S/C9H13N3O2/c1-6(5-10)12-9(14)8-7(13)3-2-4-11-8/h2-4,6,13H,5,10H2,1H3,(H,12,14)/t6-/m1/s1. The summed E-state index contributed by atoms with van der Waals surface area (Å²) in [5.74, 6) is -0.546. The fourth-order valence-corrected chi connectivity index (χ4v) is 0.923. The molecule has 1 aromatic heterocycles. The molecular formula is C9H13N3O2. The van der Waals surface area contributed by atoms with Crippen LogP contribution in [0.25, 0.3) is 0 Å². The smallest absolute Gasteiger partial charge is 0.273 e. The molecule has 0 saturated heterocycles. The number of amides is 1. The third kappa shape index (κ3) is 2.43. The number of aromatic nitrogens is 1. The maximum absolute atomic E-state index is 11.4. The summed E-state index contributed by atoms with van der Waals surface area (Å²) in [4.78, 5) is 15.2. The lowest BCUT2D eigenvalue weighted by atomic mass is 10.2. The van der Waals surface area contributed by atoms with E-state index in [0.717, 1.165) is 0 Å². The summed E-state index contributed by atoms with van der Waals surface area (Å²) in [5, 5.41) is 11.9. The lowest BCUT2D eigenvalue weighted by molar-refractivity contribution is 0.0933. The van der Waals surface area contributed by atoms with Crippen LogP contribution in [0.2, 0.25) is 0 Å². The predicted molar refractivity (Wildman–Crippen MR) is 51.9 cm³/mol. The molecule has 1 amide bonds. The molecule has 0 aromatic carbocycles. The molecule has 1 aromatic rings. The maximum Gasteiger partial charge on any atom is 0.273 e. The van der Waals surface area contributed by atoms with Gasteiger partial charge in [0, 0.05) is 18.8 Å². The third-order valence-corrected chi connectivity index (χ3v) is 1.73. The van der Waals surface area contributed by atoms with Crippen molar-refractivity contribution in [3.8, 4) is 5.75 Å². The molecule has 0 unspecified atom stereocenters. The molecule has 0 spiro atoms. The molecule has 0 aliphatic carbocycles. The van der Waals surface area contributed by atoms with E-state index in [-0.39, 0.29) is 17.5 Å². The zero-order chi connectivity index (χ0) is 10.6. The van der Waals surface area contributed by atoms with E-state index in [2.05, 4.69) is 10.3 Å². The van der Waals surface area contributed by atoms with E-state index in [9.17, 15) is 9.90 Å². The molecule has 1 rings (SSSR count). The number of aromatic hydroxyl groups is 1. The highest BCUT2D eigenvalue weighted by Gasteiger charge is 2.13. The molecule has 0 aliphatic rings. The van der Waals surface area contributed by atoms with Crippen molar-refractivity contribution < 1.29 is 9.90 Å². The maximum atomic E-state index is 11.4. The number of pyridine rings is 1. The van der Waals surface area contributed by atoms with Crippen LogP contribution in [0.3, 0.4) is 0 Å². The molecule has 5 heteroatoms. The fourth-order valence-electron chi connectivity index (χ4n) is 0.923. The third-order valence-electron chi connectivity index (χ3n) is 1.73. The van der Waals surface area contributed by atoms with Crippen LogP contribution in [0.1, 0.15) is 17.4 Å². The largest absolute Gasteiger partial charge is 0.505 e. The lowest BCUT2D eigenvalue weighted by Gasteiger charge is -2.10. The van der Waals surface area contributed by atoms with Crippen LogP contribution in [0, 0.1) is 0 Å². The topological polar surface area (TPSA) is 88.2 Å². The van der Waals surface area contributed by atoms with Gasteiger partial charge in [-0.3, -0.25) is 4.79 Å². The molecule has 0 radical (unpaired) electrons. The SMILES string of the molecule is C[C@H](CN)NC(=O)c1ncccc1O. The Bertz CT molecular complexity index is 328. The van der Waals surface area contributed by atoms with E-state index in [0.29, 0.717) is 6.54 Å². The summed E-state index contributed by atoms with van der Waals surface area (Å²) in [5.41, 5.74) is 5.36. The van der Waals surface area contributed by atoms with Gasteiger partial charge in [-0.2, -0.15) is 0 Å². The Hall–Kier alpha value is -1.62. The van der Waals surface area contributed by atoms with Crippen LogP contribution < -0.4 is 11.1 Å². The zero-order valence-electron chi connectivity index (χ0n) is 7.90. The van der Waals surface area contributed by atoms with Crippen LogP contribution in [0.4, 0.5) is 0 Å². The Labute approximate surface area is 82.0 Å². The molecule has 0 fully saturated rings. The summed E-state index contributed by atoms with van der Waals surface area (Å²) in [6.07, 6.45) is 1.45. The number of nitrogens with one attached hydrogen (secondary N) is 1. The minimum absolute atomic E-state index is 0.0211. The van der Waals surface area contributed by atoms with Crippen LogP contribution >= 0.6 is 0 Å². The Morgan fingerprint density at radius 2 is 2.50 bits per heavy atom. The molecule has 14 heavy (non-hydrogen) atoms. The average Bonchev–Trinajstić information content (AvgIpc) is 2.18. The Balaban J connectivity index is 2.75. The average molecular weight is 195 g/mol. The number of nitrogens with two attached hydrogens (primary N) is 1. The van der Waals surface area contributed by atoms with Gasteiger partial charge in [-0.15, -0.1) is 0 Å².